The van der Waals surface area contributed by atoms with Crippen LogP contribution in [0.25, 0.3) is 0 Å². The molecule has 1 unspecified atom stereocenters. The van der Waals surface area contributed by atoms with E-state index in [1.54, 1.807) is 63.6 Å². The van der Waals surface area contributed by atoms with Gasteiger partial charge in [0.05, 0.1) is 48.8 Å². The van der Waals surface area contributed by atoms with Gasteiger partial charge in [-0.25, -0.2) is 4.79 Å². The average Bonchev–Trinajstić information content (AvgIpc) is 3.71. The summed E-state index contributed by atoms with van der Waals surface area (Å²) in [5.74, 6) is -3.11. The molecule has 16 nitrogen and oxygen atoms in total. The van der Waals surface area contributed by atoms with Crippen molar-refractivity contribution in [3.05, 3.63) is 35.9 Å². The summed E-state index contributed by atoms with van der Waals surface area (Å²) in [6, 6.07) is 5.73. The van der Waals surface area contributed by atoms with Crippen LogP contribution in [0, 0.1) is 23.7 Å². The van der Waals surface area contributed by atoms with Crippen LogP contribution in [0.4, 0.5) is 4.79 Å². The third kappa shape index (κ3) is 15.7. The monoisotopic (exact) mass is 889 g/mol. The molecule has 1 aromatic rings. The fourth-order valence-corrected chi connectivity index (χ4v) is 8.49. The first-order valence-electron chi connectivity index (χ1n) is 22.6. The number of carbonyl (C=O) groups excluding carboxylic acids is 6. The van der Waals surface area contributed by atoms with Gasteiger partial charge in [0.2, 0.25) is 29.5 Å². The van der Waals surface area contributed by atoms with Crippen molar-refractivity contribution in [2.45, 2.75) is 162 Å². The number of benzene rings is 1. The molecule has 0 bridgehead atoms. The Hall–Kier alpha value is -4.28. The van der Waals surface area contributed by atoms with E-state index in [9.17, 15) is 33.9 Å². The Kier molecular flexibility index (Phi) is 22.0. The zero-order valence-corrected chi connectivity index (χ0v) is 40.7. The highest BCUT2D eigenvalue weighted by molar-refractivity contribution is 5.92. The van der Waals surface area contributed by atoms with E-state index < -0.39 is 72.0 Å². The number of hydrogen-bond acceptors (Lipinski definition) is 10. The number of methoxy groups -OCH3 is 2. The number of alkyl carbamates (subject to hydrolysis) is 1. The van der Waals surface area contributed by atoms with Gasteiger partial charge in [-0.15, -0.1) is 0 Å². The first kappa shape index (κ1) is 54.9. The van der Waals surface area contributed by atoms with Crippen LogP contribution in [0.2, 0.25) is 0 Å². The number of amides is 6. The average molecular weight is 889 g/mol. The van der Waals surface area contributed by atoms with Crippen molar-refractivity contribution >= 4 is 35.6 Å². The minimum absolute atomic E-state index is 0.0188. The standard InChI is InChI=1S/C47H80N6O10/c1-16-30(6)40(52(13)45(59)38(28(2)3)50-44(58)39(29(4)5)51(12)36(54)24-25-48-46(60)63-47(9,10)11)35(61-14)27-37(55)53-26-20-23-34(53)42(62-15)31(7)43(57)49-32(8)41(56)33-21-18-17-19-22-33/h17-19,21-22,28-32,34-35,38-42,56H,16,20,23-27H2,1-15H3,(H,48,60)(H,49,57)(H,50,58)/t30-,31+,32+,34-,35+,38-,39-,40-,41+,42?/m0/s1. The number of rotatable bonds is 23. The van der Waals surface area contributed by atoms with E-state index in [2.05, 4.69) is 16.0 Å². The minimum Gasteiger partial charge on any atom is -0.444 e. The molecule has 63 heavy (non-hydrogen) atoms. The number of nitrogens with zero attached hydrogens (tertiary/aromatic N) is 3. The highest BCUT2D eigenvalue weighted by Gasteiger charge is 2.43. The Labute approximate surface area is 376 Å². The van der Waals surface area contributed by atoms with Crippen molar-refractivity contribution in [1.29, 1.82) is 0 Å². The van der Waals surface area contributed by atoms with Gasteiger partial charge in [-0.05, 0) is 63.9 Å². The second-order valence-corrected chi connectivity index (χ2v) is 18.8. The SMILES string of the molecule is CC[C@H](C)[C@@H]([C@@H](CC(=O)N1CCC[C@H]1C(OC)[C@@H](C)C(=O)N[C@H](C)[C@@H](O)c1ccccc1)OC)N(C)C(=O)[C@@H](NC(=O)[C@H](C(C)C)N(C)C(=O)CCNC(=O)OC(C)(C)C)C(C)C. The summed E-state index contributed by atoms with van der Waals surface area (Å²) in [7, 11) is 6.25. The molecule has 0 aromatic heterocycles. The first-order chi connectivity index (χ1) is 29.4. The molecule has 1 aliphatic heterocycles. The summed E-state index contributed by atoms with van der Waals surface area (Å²) >= 11 is 0. The lowest BCUT2D eigenvalue weighted by Gasteiger charge is -2.41. The molecule has 0 aliphatic carbocycles. The molecule has 0 spiro atoms. The fraction of sp³-hybridized carbons (Fsp3) is 0.745. The fourth-order valence-electron chi connectivity index (χ4n) is 8.49. The molecule has 358 valence electrons. The number of nitrogens with one attached hydrogen (secondary N) is 3. The molecule has 6 amide bonds. The van der Waals surface area contributed by atoms with Crippen LogP contribution in [-0.4, -0.2) is 145 Å². The maximum absolute atomic E-state index is 14.5. The number of aliphatic hydroxyl groups excluding tert-OH is 1. The van der Waals surface area contributed by atoms with Gasteiger partial charge in [-0.1, -0.05) is 85.2 Å². The van der Waals surface area contributed by atoms with E-state index in [1.165, 1.54) is 26.2 Å². The zero-order chi connectivity index (χ0) is 47.9. The molecule has 0 radical (unpaired) electrons. The minimum atomic E-state index is -0.963. The number of likely N-dealkylation sites (tertiary alicyclic amines) is 1. The van der Waals surface area contributed by atoms with Crippen molar-refractivity contribution in [3.8, 4) is 0 Å². The van der Waals surface area contributed by atoms with Gasteiger partial charge in [0, 0.05) is 47.8 Å². The van der Waals surface area contributed by atoms with Crippen molar-refractivity contribution in [3.63, 3.8) is 0 Å². The molecule has 0 saturated carbocycles. The zero-order valence-electron chi connectivity index (χ0n) is 40.7. The maximum atomic E-state index is 14.5. The number of carbonyl (C=O) groups is 6. The number of ether oxygens (including phenoxy) is 3. The molecule has 10 atom stereocenters. The van der Waals surface area contributed by atoms with Gasteiger partial charge in [-0.2, -0.15) is 0 Å². The summed E-state index contributed by atoms with van der Waals surface area (Å²) in [4.78, 5) is 86.4. The van der Waals surface area contributed by atoms with Crippen LogP contribution in [0.3, 0.4) is 0 Å². The van der Waals surface area contributed by atoms with Gasteiger partial charge < -0.3 is 50.0 Å². The Morgan fingerprint density at radius 3 is 2.02 bits per heavy atom. The van der Waals surface area contributed by atoms with E-state index >= 15 is 0 Å². The Morgan fingerprint density at radius 2 is 1.49 bits per heavy atom. The largest absolute Gasteiger partial charge is 0.444 e. The first-order valence-corrected chi connectivity index (χ1v) is 22.6. The summed E-state index contributed by atoms with van der Waals surface area (Å²) in [6.45, 7) is 20.5. The van der Waals surface area contributed by atoms with E-state index in [0.29, 0.717) is 24.9 Å². The van der Waals surface area contributed by atoms with Crippen LogP contribution in [-0.2, 0) is 38.2 Å². The highest BCUT2D eigenvalue weighted by atomic mass is 16.6. The molecule has 4 N–H and O–H groups in total. The van der Waals surface area contributed by atoms with Crippen LogP contribution in [0.5, 0.6) is 0 Å². The second-order valence-electron chi connectivity index (χ2n) is 18.8. The molecule has 1 aromatic carbocycles. The van der Waals surface area contributed by atoms with Crippen LogP contribution >= 0.6 is 0 Å². The predicted molar refractivity (Wildman–Crippen MR) is 242 cm³/mol. The third-order valence-electron chi connectivity index (χ3n) is 12.2. The quantitative estimate of drug-likeness (QED) is 0.120. The predicted octanol–water partition coefficient (Wildman–Crippen LogP) is 4.68. The lowest BCUT2D eigenvalue weighted by molar-refractivity contribution is -0.148. The Morgan fingerprint density at radius 1 is 0.873 bits per heavy atom. The van der Waals surface area contributed by atoms with Gasteiger partial charge in [-0.3, -0.25) is 24.0 Å². The molecular weight excluding hydrogens is 809 g/mol. The van der Waals surface area contributed by atoms with Crippen molar-refractivity contribution in [1.82, 2.24) is 30.7 Å². The summed E-state index contributed by atoms with van der Waals surface area (Å²) < 4.78 is 17.2. The Bertz CT molecular complexity index is 1640. The third-order valence-corrected chi connectivity index (χ3v) is 12.2. The number of aliphatic hydroxyl groups is 1. The number of likely N-dealkylation sites (N-methyl/N-ethyl adjacent to an activating group) is 2. The van der Waals surface area contributed by atoms with Crippen LogP contribution < -0.4 is 16.0 Å². The summed E-state index contributed by atoms with van der Waals surface area (Å²) in [6.07, 6.45) is -0.974. The lowest BCUT2D eigenvalue weighted by Crippen LogP contribution is -2.60. The normalized spacial score (nSPS) is 18.6. The highest BCUT2D eigenvalue weighted by Crippen LogP contribution is 2.30. The van der Waals surface area contributed by atoms with E-state index in [-0.39, 0.29) is 60.8 Å². The second kappa shape index (κ2) is 25.3. The Balaban J connectivity index is 2.24. The molecule has 2 rings (SSSR count). The molecule has 1 heterocycles. The molecule has 1 aliphatic rings. The van der Waals surface area contributed by atoms with E-state index in [0.717, 1.165) is 6.42 Å². The summed E-state index contributed by atoms with van der Waals surface area (Å²) in [5, 5.41) is 19.3. The lowest BCUT2D eigenvalue weighted by atomic mass is 9.89. The maximum Gasteiger partial charge on any atom is 0.407 e. The molecular formula is C47H80N6O10. The van der Waals surface area contributed by atoms with E-state index in [4.69, 9.17) is 14.2 Å². The van der Waals surface area contributed by atoms with Gasteiger partial charge in [0.15, 0.2) is 0 Å². The van der Waals surface area contributed by atoms with Gasteiger partial charge in [0.25, 0.3) is 0 Å². The molecule has 16 heteroatoms. The summed E-state index contributed by atoms with van der Waals surface area (Å²) in [5.41, 5.74) is -0.00296. The molecule has 1 fully saturated rings. The van der Waals surface area contributed by atoms with Crippen molar-refractivity contribution in [2.75, 3.05) is 41.4 Å². The van der Waals surface area contributed by atoms with E-state index in [1.807, 2.05) is 59.7 Å². The van der Waals surface area contributed by atoms with Crippen molar-refractivity contribution < 1.29 is 48.1 Å². The molecule has 1 saturated heterocycles. The smallest absolute Gasteiger partial charge is 0.407 e. The van der Waals surface area contributed by atoms with Crippen molar-refractivity contribution in [2.24, 2.45) is 23.7 Å². The van der Waals surface area contributed by atoms with Gasteiger partial charge >= 0.3 is 6.09 Å². The van der Waals surface area contributed by atoms with Gasteiger partial charge in [0.1, 0.15) is 17.7 Å². The van der Waals surface area contributed by atoms with Crippen LogP contribution in [0.15, 0.2) is 30.3 Å². The number of hydrogen-bond donors (Lipinski definition) is 4. The van der Waals surface area contributed by atoms with Crippen LogP contribution in [0.1, 0.15) is 120 Å². The topological polar surface area (TPSA) is 196 Å².